The van der Waals surface area contributed by atoms with Crippen LogP contribution < -0.4 is 14.8 Å². The van der Waals surface area contributed by atoms with E-state index in [2.05, 4.69) is 26.0 Å². The average molecular weight is 489 g/mol. The summed E-state index contributed by atoms with van der Waals surface area (Å²) >= 11 is 3.18. The molecule has 0 aliphatic carbocycles. The quantitative estimate of drug-likeness (QED) is 0.564. The predicted molar refractivity (Wildman–Crippen MR) is 111 cm³/mol. The summed E-state index contributed by atoms with van der Waals surface area (Å²) in [6, 6.07) is 9.24. The van der Waals surface area contributed by atoms with Gasteiger partial charge in [0, 0.05) is 18.8 Å². The van der Waals surface area contributed by atoms with Gasteiger partial charge in [0.25, 0.3) is 5.91 Å². The van der Waals surface area contributed by atoms with Gasteiger partial charge >= 0.3 is 0 Å². The number of nitrogens with one attached hydrogen (secondary N) is 2. The van der Waals surface area contributed by atoms with Crippen LogP contribution in [0.4, 0.5) is 10.1 Å². The zero-order valence-electron chi connectivity index (χ0n) is 16.1. The van der Waals surface area contributed by atoms with E-state index in [-0.39, 0.29) is 17.5 Å². The molecule has 0 radical (unpaired) electrons. The topological polar surface area (TPSA) is 93.7 Å². The van der Waals surface area contributed by atoms with Crippen LogP contribution in [0.5, 0.6) is 5.75 Å². The maximum absolute atomic E-state index is 13.1. The molecule has 2 unspecified atom stereocenters. The van der Waals surface area contributed by atoms with Crippen LogP contribution in [-0.4, -0.2) is 40.2 Å². The number of halogens is 2. The lowest BCUT2D eigenvalue weighted by Crippen LogP contribution is -2.35. The number of hydrogen-bond acceptors (Lipinski definition) is 5. The molecule has 2 aromatic carbocycles. The number of carbonyl (C=O) groups is 1. The molecule has 2 rings (SSSR count). The number of methoxy groups -OCH3 is 1. The van der Waals surface area contributed by atoms with Crippen molar-refractivity contribution in [2.24, 2.45) is 0 Å². The monoisotopic (exact) mass is 488 g/mol. The number of benzene rings is 2. The van der Waals surface area contributed by atoms with Crippen molar-refractivity contribution >= 4 is 37.5 Å². The molecule has 10 heteroatoms. The largest absolute Gasteiger partial charge is 0.480 e. The first-order chi connectivity index (χ1) is 13.6. The highest BCUT2D eigenvalue weighted by molar-refractivity contribution is 9.10. The Bertz CT molecular complexity index is 954. The van der Waals surface area contributed by atoms with Crippen LogP contribution in [0.3, 0.4) is 0 Å². The molecular formula is C19H22BrFN2O5S. The number of rotatable bonds is 9. The molecule has 0 saturated heterocycles. The zero-order valence-corrected chi connectivity index (χ0v) is 18.5. The van der Waals surface area contributed by atoms with Crippen molar-refractivity contribution in [1.82, 2.24) is 4.72 Å². The number of ether oxygens (including phenoxy) is 2. The lowest BCUT2D eigenvalue weighted by molar-refractivity contribution is -0.122. The van der Waals surface area contributed by atoms with Crippen LogP contribution in [0, 0.1) is 5.82 Å². The molecular weight excluding hydrogens is 467 g/mol. The maximum Gasteiger partial charge on any atom is 0.265 e. The van der Waals surface area contributed by atoms with Crippen LogP contribution in [0.15, 0.2) is 51.8 Å². The van der Waals surface area contributed by atoms with E-state index in [0.29, 0.717) is 15.9 Å². The normalized spacial score (nSPS) is 13.6. The molecule has 0 heterocycles. The smallest absolute Gasteiger partial charge is 0.265 e. The Morgan fingerprint density at radius 2 is 1.83 bits per heavy atom. The third kappa shape index (κ3) is 6.77. The molecule has 2 N–H and O–H groups in total. The van der Waals surface area contributed by atoms with Crippen molar-refractivity contribution in [2.45, 2.75) is 30.9 Å². The van der Waals surface area contributed by atoms with Gasteiger partial charge in [0.15, 0.2) is 6.10 Å². The first kappa shape index (κ1) is 23.3. The second kappa shape index (κ2) is 10.1. The SMILES string of the molecule is COCC(C)NS(=O)(=O)c1ccc(NC(=O)C(C)Oc2ccc(F)cc2Br)cc1. The first-order valence-corrected chi connectivity index (χ1v) is 10.9. The third-order valence-electron chi connectivity index (χ3n) is 3.77. The fourth-order valence-corrected chi connectivity index (χ4v) is 4.07. The van der Waals surface area contributed by atoms with E-state index < -0.39 is 27.9 Å². The number of anilines is 1. The van der Waals surface area contributed by atoms with Gasteiger partial charge in [0.05, 0.1) is 16.0 Å². The van der Waals surface area contributed by atoms with Crippen LogP contribution in [0.1, 0.15) is 13.8 Å². The molecule has 0 aromatic heterocycles. The zero-order chi connectivity index (χ0) is 21.6. The van der Waals surface area contributed by atoms with E-state index in [1.54, 1.807) is 13.8 Å². The predicted octanol–water partition coefficient (Wildman–Crippen LogP) is 3.31. The van der Waals surface area contributed by atoms with Gasteiger partial charge in [-0.15, -0.1) is 0 Å². The van der Waals surface area contributed by atoms with E-state index >= 15 is 0 Å². The van der Waals surface area contributed by atoms with Gasteiger partial charge in [-0.1, -0.05) is 0 Å². The molecule has 0 spiro atoms. The van der Waals surface area contributed by atoms with E-state index in [1.165, 1.54) is 49.6 Å². The Morgan fingerprint density at radius 1 is 1.17 bits per heavy atom. The summed E-state index contributed by atoms with van der Waals surface area (Å²) in [6.07, 6.45) is -0.864. The molecule has 0 aliphatic rings. The van der Waals surface area contributed by atoms with Gasteiger partial charge in [-0.3, -0.25) is 4.79 Å². The Morgan fingerprint density at radius 3 is 2.41 bits per heavy atom. The van der Waals surface area contributed by atoms with Gasteiger partial charge in [0.2, 0.25) is 10.0 Å². The summed E-state index contributed by atoms with van der Waals surface area (Å²) in [5.74, 6) is -0.544. The summed E-state index contributed by atoms with van der Waals surface area (Å²) < 4.78 is 51.1. The van der Waals surface area contributed by atoms with E-state index in [0.717, 1.165) is 0 Å². The molecule has 29 heavy (non-hydrogen) atoms. The van der Waals surface area contributed by atoms with Crippen molar-refractivity contribution < 1.29 is 27.1 Å². The number of hydrogen-bond donors (Lipinski definition) is 2. The van der Waals surface area contributed by atoms with Crippen molar-refractivity contribution in [1.29, 1.82) is 0 Å². The highest BCUT2D eigenvalue weighted by atomic mass is 79.9. The molecule has 2 aromatic rings. The molecule has 1 amide bonds. The van der Waals surface area contributed by atoms with Crippen molar-refractivity contribution in [2.75, 3.05) is 19.0 Å². The Labute approximate surface area is 177 Å². The van der Waals surface area contributed by atoms with Gasteiger partial charge < -0.3 is 14.8 Å². The lowest BCUT2D eigenvalue weighted by Gasteiger charge is -2.16. The van der Waals surface area contributed by atoms with Crippen LogP contribution >= 0.6 is 15.9 Å². The third-order valence-corrected chi connectivity index (χ3v) is 6.00. The first-order valence-electron chi connectivity index (χ1n) is 8.66. The summed E-state index contributed by atoms with van der Waals surface area (Å²) in [5.41, 5.74) is 0.410. The van der Waals surface area contributed by atoms with Gasteiger partial charge in [-0.25, -0.2) is 17.5 Å². The van der Waals surface area contributed by atoms with E-state index in [4.69, 9.17) is 9.47 Å². The Hall–Kier alpha value is -2.01. The molecule has 0 bridgehead atoms. The molecule has 158 valence electrons. The van der Waals surface area contributed by atoms with Crippen molar-refractivity contribution in [3.63, 3.8) is 0 Å². The maximum atomic E-state index is 13.1. The summed E-state index contributed by atoms with van der Waals surface area (Å²) in [4.78, 5) is 12.4. The number of sulfonamides is 1. The number of carbonyl (C=O) groups excluding carboxylic acids is 1. The van der Waals surface area contributed by atoms with Gasteiger partial charge in [-0.2, -0.15) is 0 Å². The molecule has 0 aliphatic heterocycles. The standard InChI is InChI=1S/C19H22BrFN2O5S/c1-12(11-27-3)23-29(25,26)16-7-5-15(6-8-16)22-19(24)13(2)28-18-9-4-14(21)10-17(18)20/h4-10,12-13,23H,11H2,1-3H3,(H,22,24). The number of amides is 1. The van der Waals surface area contributed by atoms with Crippen molar-refractivity contribution in [3.8, 4) is 5.75 Å². The average Bonchev–Trinajstić information content (AvgIpc) is 2.64. The van der Waals surface area contributed by atoms with Gasteiger partial charge in [0.1, 0.15) is 11.6 Å². The van der Waals surface area contributed by atoms with E-state index in [1.807, 2.05) is 0 Å². The fourth-order valence-electron chi connectivity index (χ4n) is 2.39. The summed E-state index contributed by atoms with van der Waals surface area (Å²) in [7, 11) is -2.21. The minimum atomic E-state index is -3.70. The second-order valence-electron chi connectivity index (χ2n) is 6.33. The fraction of sp³-hybridized carbons (Fsp3) is 0.316. The highest BCUT2D eigenvalue weighted by Crippen LogP contribution is 2.26. The minimum absolute atomic E-state index is 0.0676. The minimum Gasteiger partial charge on any atom is -0.480 e. The van der Waals surface area contributed by atoms with Crippen molar-refractivity contribution in [3.05, 3.63) is 52.8 Å². The van der Waals surface area contributed by atoms with Gasteiger partial charge in [-0.05, 0) is 72.2 Å². The van der Waals surface area contributed by atoms with Crippen LogP contribution in [-0.2, 0) is 19.6 Å². The Balaban J connectivity index is 2.00. The second-order valence-corrected chi connectivity index (χ2v) is 8.89. The molecule has 0 fully saturated rings. The van der Waals surface area contributed by atoms with Crippen LogP contribution in [0.2, 0.25) is 0 Å². The summed E-state index contributed by atoms with van der Waals surface area (Å²) in [6.45, 7) is 3.48. The Kier molecular flexibility index (Phi) is 8.14. The molecule has 2 atom stereocenters. The highest BCUT2D eigenvalue weighted by Gasteiger charge is 2.19. The molecule has 7 nitrogen and oxygen atoms in total. The molecule has 0 saturated carbocycles. The summed E-state index contributed by atoms with van der Waals surface area (Å²) in [5, 5.41) is 2.64. The van der Waals surface area contributed by atoms with Crippen LogP contribution in [0.25, 0.3) is 0 Å². The lowest BCUT2D eigenvalue weighted by atomic mass is 10.3. The van der Waals surface area contributed by atoms with E-state index in [9.17, 15) is 17.6 Å².